The van der Waals surface area contributed by atoms with Gasteiger partial charge in [-0.25, -0.2) is 0 Å². The molecule has 63 heavy (non-hydrogen) atoms. The second-order valence-electron chi connectivity index (χ2n) is 16.2. The summed E-state index contributed by atoms with van der Waals surface area (Å²) in [5.41, 5.74) is 0. The minimum Gasteiger partial charge on any atom is -0.462 e. The molecule has 0 aromatic rings. The highest BCUT2D eigenvalue weighted by Crippen LogP contribution is 2.13. The molecule has 354 valence electrons. The van der Waals surface area contributed by atoms with Crippen LogP contribution < -0.4 is 0 Å². The van der Waals surface area contributed by atoms with Crippen LogP contribution in [-0.4, -0.2) is 37.2 Å². The van der Waals surface area contributed by atoms with Gasteiger partial charge in [-0.2, -0.15) is 0 Å². The fraction of sp³-hybridized carbons (Fsp3) is 0.596. The van der Waals surface area contributed by atoms with Crippen LogP contribution in [0.2, 0.25) is 0 Å². The summed E-state index contributed by atoms with van der Waals surface area (Å²) >= 11 is 0. The van der Waals surface area contributed by atoms with Gasteiger partial charge in [0.1, 0.15) is 13.2 Å². The molecule has 1 atom stereocenters. The average Bonchev–Trinajstić information content (AvgIpc) is 3.28. The molecule has 6 heteroatoms. The molecule has 0 spiro atoms. The molecular formula is C57H90O6. The van der Waals surface area contributed by atoms with Crippen molar-refractivity contribution < 1.29 is 28.6 Å². The Morgan fingerprint density at radius 2 is 0.619 bits per heavy atom. The molecule has 0 aliphatic heterocycles. The maximum atomic E-state index is 12.8. The van der Waals surface area contributed by atoms with Crippen LogP contribution in [0.4, 0.5) is 0 Å². The minimum atomic E-state index is -0.812. The largest absolute Gasteiger partial charge is 0.462 e. The SMILES string of the molecule is CC\C=C/C=C\C=C/C=C\C=C\C=C/CCCCCC(=O)OC(COC(=O)CCCCCCC\C=C/C=C\C=C/C=C\CCCCC)COC(=O)CCCCCCCCCCCC. The van der Waals surface area contributed by atoms with Gasteiger partial charge in [-0.15, -0.1) is 0 Å². The van der Waals surface area contributed by atoms with E-state index in [2.05, 4.69) is 81.5 Å². The van der Waals surface area contributed by atoms with Gasteiger partial charge in [0.15, 0.2) is 6.10 Å². The maximum absolute atomic E-state index is 12.8. The third-order valence-corrected chi connectivity index (χ3v) is 10.2. The Bertz CT molecular complexity index is 1370. The fourth-order valence-corrected chi connectivity index (χ4v) is 6.43. The molecule has 0 amide bonds. The van der Waals surface area contributed by atoms with Crippen molar-refractivity contribution in [2.45, 2.75) is 207 Å². The Kier molecular flexibility index (Phi) is 47.1. The normalized spacial score (nSPS) is 13.1. The van der Waals surface area contributed by atoms with Gasteiger partial charge >= 0.3 is 17.9 Å². The number of hydrogen-bond acceptors (Lipinski definition) is 6. The number of allylic oxidation sites excluding steroid dienone is 20. The minimum absolute atomic E-state index is 0.107. The lowest BCUT2D eigenvalue weighted by molar-refractivity contribution is -0.167. The highest BCUT2D eigenvalue weighted by Gasteiger charge is 2.19. The van der Waals surface area contributed by atoms with E-state index in [-0.39, 0.29) is 37.5 Å². The number of rotatable bonds is 43. The van der Waals surface area contributed by atoms with E-state index in [1.807, 2.05) is 60.8 Å². The van der Waals surface area contributed by atoms with Gasteiger partial charge in [0.05, 0.1) is 0 Å². The molecule has 0 N–H and O–H groups in total. The summed E-state index contributed by atoms with van der Waals surface area (Å²) in [6.07, 6.45) is 68.8. The predicted octanol–water partition coefficient (Wildman–Crippen LogP) is 16.5. The first-order valence-corrected chi connectivity index (χ1v) is 25.2. The van der Waals surface area contributed by atoms with E-state index >= 15 is 0 Å². The van der Waals surface area contributed by atoms with E-state index in [9.17, 15) is 14.4 Å². The number of esters is 3. The molecule has 0 aromatic carbocycles. The lowest BCUT2D eigenvalue weighted by Gasteiger charge is -2.18. The van der Waals surface area contributed by atoms with Gasteiger partial charge in [-0.3, -0.25) is 14.4 Å². The summed E-state index contributed by atoms with van der Waals surface area (Å²) in [5.74, 6) is -0.984. The Morgan fingerprint density at radius 1 is 0.333 bits per heavy atom. The van der Waals surface area contributed by atoms with Crippen molar-refractivity contribution in [3.63, 3.8) is 0 Å². The zero-order chi connectivity index (χ0) is 45.8. The molecule has 0 fully saturated rings. The smallest absolute Gasteiger partial charge is 0.306 e. The number of ether oxygens (including phenoxy) is 3. The van der Waals surface area contributed by atoms with Crippen LogP contribution in [0.1, 0.15) is 201 Å². The van der Waals surface area contributed by atoms with Crippen LogP contribution in [0.3, 0.4) is 0 Å². The molecule has 0 rings (SSSR count). The highest BCUT2D eigenvalue weighted by atomic mass is 16.6. The van der Waals surface area contributed by atoms with Crippen molar-refractivity contribution >= 4 is 17.9 Å². The zero-order valence-electron chi connectivity index (χ0n) is 40.3. The summed E-state index contributed by atoms with van der Waals surface area (Å²) in [6.45, 7) is 6.36. The first-order chi connectivity index (χ1) is 31.0. The molecule has 0 aliphatic rings. The van der Waals surface area contributed by atoms with Crippen LogP contribution >= 0.6 is 0 Å². The number of hydrogen-bond donors (Lipinski definition) is 0. The molecule has 6 nitrogen and oxygen atoms in total. The third-order valence-electron chi connectivity index (χ3n) is 10.2. The lowest BCUT2D eigenvalue weighted by atomic mass is 10.1. The van der Waals surface area contributed by atoms with Crippen LogP contribution in [0.15, 0.2) is 122 Å². The lowest BCUT2D eigenvalue weighted by Crippen LogP contribution is -2.30. The Balaban J connectivity index is 4.53. The topological polar surface area (TPSA) is 78.9 Å². The van der Waals surface area contributed by atoms with Gasteiger partial charge in [-0.1, -0.05) is 239 Å². The van der Waals surface area contributed by atoms with Crippen LogP contribution in [0.25, 0.3) is 0 Å². The first-order valence-electron chi connectivity index (χ1n) is 25.2. The van der Waals surface area contributed by atoms with E-state index in [0.29, 0.717) is 19.3 Å². The van der Waals surface area contributed by atoms with Gasteiger partial charge in [0, 0.05) is 19.3 Å². The maximum Gasteiger partial charge on any atom is 0.306 e. The Hall–Kier alpha value is -4.19. The predicted molar refractivity (Wildman–Crippen MR) is 269 cm³/mol. The second-order valence-corrected chi connectivity index (χ2v) is 16.2. The monoisotopic (exact) mass is 871 g/mol. The summed E-state index contributed by atoms with van der Waals surface area (Å²) < 4.78 is 16.7. The number of carbonyl (C=O) groups excluding carboxylic acids is 3. The molecule has 0 saturated carbocycles. The van der Waals surface area contributed by atoms with Crippen LogP contribution in [0, 0.1) is 0 Å². The van der Waals surface area contributed by atoms with E-state index < -0.39 is 6.10 Å². The van der Waals surface area contributed by atoms with Crippen molar-refractivity contribution in [3.8, 4) is 0 Å². The van der Waals surface area contributed by atoms with E-state index in [0.717, 1.165) is 89.9 Å². The summed E-state index contributed by atoms with van der Waals surface area (Å²) in [7, 11) is 0. The fourth-order valence-electron chi connectivity index (χ4n) is 6.43. The van der Waals surface area contributed by atoms with Gasteiger partial charge in [0.25, 0.3) is 0 Å². The van der Waals surface area contributed by atoms with Crippen LogP contribution in [0.5, 0.6) is 0 Å². The molecule has 0 radical (unpaired) electrons. The van der Waals surface area contributed by atoms with Gasteiger partial charge in [0.2, 0.25) is 0 Å². The quantitative estimate of drug-likeness (QED) is 0.0263. The van der Waals surface area contributed by atoms with E-state index in [1.54, 1.807) is 0 Å². The highest BCUT2D eigenvalue weighted by molar-refractivity contribution is 5.71. The van der Waals surface area contributed by atoms with Crippen molar-refractivity contribution in [3.05, 3.63) is 122 Å². The molecule has 0 bridgehead atoms. The third kappa shape index (κ3) is 48.7. The standard InChI is InChI=1S/C57H90O6/c1-4-7-10-13-16-19-22-24-26-28-30-31-33-35-38-41-44-47-50-56(59)62-53-54(52-61-55(58)49-46-43-40-37-21-18-15-12-9-6-3)63-57(60)51-48-45-42-39-36-34-32-29-27-25-23-20-17-14-11-8-5-2/h8,11,14,16-17,19-20,22-32,34,36,54H,4-7,9-10,12-13,15,18,21,33,35,37-53H2,1-3H3/b11-8-,17-14-,19-16-,23-20-,24-22-,27-25-,28-26-,31-30-,32-29+,36-34-. The van der Waals surface area contributed by atoms with Crippen molar-refractivity contribution in [1.29, 1.82) is 0 Å². The summed E-state index contributed by atoms with van der Waals surface area (Å²) in [5, 5.41) is 0. The number of unbranched alkanes of at least 4 members (excludes halogenated alkanes) is 20. The van der Waals surface area contributed by atoms with Gasteiger partial charge in [-0.05, 0) is 64.2 Å². The van der Waals surface area contributed by atoms with Gasteiger partial charge < -0.3 is 14.2 Å². The summed E-state index contributed by atoms with van der Waals surface area (Å²) in [4.78, 5) is 37.9. The molecule has 0 aliphatic carbocycles. The van der Waals surface area contributed by atoms with E-state index in [4.69, 9.17) is 14.2 Å². The second kappa shape index (κ2) is 50.5. The Labute approximate surface area is 386 Å². The molecule has 0 saturated heterocycles. The molecular weight excluding hydrogens is 781 g/mol. The Morgan fingerprint density at radius 3 is 1.02 bits per heavy atom. The zero-order valence-corrected chi connectivity index (χ0v) is 40.3. The average molecular weight is 871 g/mol. The van der Waals surface area contributed by atoms with E-state index in [1.165, 1.54) is 64.2 Å². The first kappa shape index (κ1) is 58.8. The van der Waals surface area contributed by atoms with Crippen molar-refractivity contribution in [2.24, 2.45) is 0 Å². The molecule has 1 unspecified atom stereocenters. The summed E-state index contributed by atoms with van der Waals surface area (Å²) in [6, 6.07) is 0. The van der Waals surface area contributed by atoms with Crippen molar-refractivity contribution in [2.75, 3.05) is 13.2 Å². The molecule has 0 aromatic heterocycles. The van der Waals surface area contributed by atoms with Crippen molar-refractivity contribution in [1.82, 2.24) is 0 Å². The molecule has 0 heterocycles. The van der Waals surface area contributed by atoms with Crippen LogP contribution in [-0.2, 0) is 28.6 Å². The number of carbonyl (C=O) groups is 3.